The lowest BCUT2D eigenvalue weighted by atomic mass is 10.3. The van der Waals surface area contributed by atoms with E-state index in [0.29, 0.717) is 10.0 Å². The van der Waals surface area contributed by atoms with Crippen molar-refractivity contribution in [1.82, 2.24) is 9.47 Å². The quantitative estimate of drug-likeness (QED) is 0.727. The van der Waals surface area contributed by atoms with E-state index >= 15 is 0 Å². The molecule has 0 aliphatic rings. The van der Waals surface area contributed by atoms with Gasteiger partial charge < -0.3 is 9.47 Å². The van der Waals surface area contributed by atoms with E-state index in [1.54, 1.807) is 0 Å². The van der Waals surface area contributed by atoms with Crippen molar-refractivity contribution in [2.75, 3.05) is 13.6 Å². The fraction of sp³-hybridized carbons (Fsp3) is 0.375. The Morgan fingerprint density at radius 1 is 1.15 bits per heavy atom. The second-order valence-corrected chi connectivity index (χ2v) is 5.82. The lowest BCUT2D eigenvalue weighted by Gasteiger charge is -2.18. The minimum absolute atomic E-state index is 0.586. The van der Waals surface area contributed by atoms with Crippen molar-refractivity contribution in [2.24, 2.45) is 0 Å². The molecule has 1 heterocycles. The van der Waals surface area contributed by atoms with Gasteiger partial charge in [-0.3, -0.25) is 0 Å². The van der Waals surface area contributed by atoms with E-state index < -0.39 is 0 Å². The Bertz CT molecular complexity index is 563. The molecule has 0 saturated carbocycles. The van der Waals surface area contributed by atoms with Crippen molar-refractivity contribution in [1.29, 1.82) is 0 Å². The molecule has 0 radical (unpaired) electrons. The van der Waals surface area contributed by atoms with E-state index in [-0.39, 0.29) is 0 Å². The van der Waals surface area contributed by atoms with Gasteiger partial charge in [-0.05, 0) is 44.3 Å². The molecule has 0 bridgehead atoms. The molecule has 0 aliphatic carbocycles. The predicted octanol–water partition coefficient (Wildman–Crippen LogP) is 5.02. The minimum Gasteiger partial charge on any atom is -0.318 e. The lowest BCUT2D eigenvalue weighted by Crippen LogP contribution is -2.20. The highest BCUT2D eigenvalue weighted by Gasteiger charge is 2.10. The van der Waals surface area contributed by atoms with Gasteiger partial charge in [0.15, 0.2) is 0 Å². The summed E-state index contributed by atoms with van der Waals surface area (Å²) in [6.45, 7) is 4.21. The smallest absolute Gasteiger partial charge is 0.0832 e. The first-order chi connectivity index (χ1) is 9.63. The molecule has 108 valence electrons. The van der Waals surface area contributed by atoms with Crippen molar-refractivity contribution in [3.8, 4) is 5.69 Å². The van der Waals surface area contributed by atoms with Crippen LogP contribution in [-0.2, 0) is 6.54 Å². The molecule has 2 nitrogen and oxygen atoms in total. The summed E-state index contributed by atoms with van der Waals surface area (Å²) in [5.74, 6) is 0. The Labute approximate surface area is 130 Å². The summed E-state index contributed by atoms with van der Waals surface area (Å²) in [6.07, 6.45) is 4.46. The molecule has 0 unspecified atom stereocenters. The Morgan fingerprint density at radius 3 is 2.70 bits per heavy atom. The number of hydrogen-bond acceptors (Lipinski definition) is 1. The minimum atomic E-state index is 0.586. The number of hydrogen-bond donors (Lipinski definition) is 0. The van der Waals surface area contributed by atoms with Crippen LogP contribution in [0.5, 0.6) is 0 Å². The van der Waals surface area contributed by atoms with E-state index in [9.17, 15) is 0 Å². The molecule has 0 N–H and O–H groups in total. The third-order valence-electron chi connectivity index (χ3n) is 3.35. The van der Waals surface area contributed by atoms with Gasteiger partial charge >= 0.3 is 0 Å². The molecule has 0 fully saturated rings. The van der Waals surface area contributed by atoms with Crippen LogP contribution in [0.2, 0.25) is 10.0 Å². The first-order valence-electron chi connectivity index (χ1n) is 6.92. The molecular formula is C16H20Cl2N2. The summed E-state index contributed by atoms with van der Waals surface area (Å²) in [5.41, 5.74) is 2.15. The van der Waals surface area contributed by atoms with Crippen molar-refractivity contribution in [3.63, 3.8) is 0 Å². The van der Waals surface area contributed by atoms with E-state index in [1.165, 1.54) is 18.5 Å². The highest BCUT2D eigenvalue weighted by Crippen LogP contribution is 2.29. The molecule has 2 rings (SSSR count). The Morgan fingerprint density at radius 2 is 1.95 bits per heavy atom. The maximum absolute atomic E-state index is 6.31. The second-order valence-electron chi connectivity index (χ2n) is 5.03. The van der Waals surface area contributed by atoms with Crippen molar-refractivity contribution in [3.05, 3.63) is 52.3 Å². The monoisotopic (exact) mass is 310 g/mol. The third-order valence-corrected chi connectivity index (χ3v) is 4.16. The normalized spacial score (nSPS) is 11.2. The molecule has 0 aliphatic heterocycles. The predicted molar refractivity (Wildman–Crippen MR) is 87.0 cm³/mol. The summed E-state index contributed by atoms with van der Waals surface area (Å²) in [6, 6.07) is 9.89. The van der Waals surface area contributed by atoms with Gasteiger partial charge in [-0.1, -0.05) is 42.6 Å². The maximum Gasteiger partial charge on any atom is 0.0832 e. The Balaban J connectivity index is 2.22. The zero-order valence-electron chi connectivity index (χ0n) is 11.9. The average molecular weight is 311 g/mol. The first-order valence-corrected chi connectivity index (χ1v) is 7.68. The summed E-state index contributed by atoms with van der Waals surface area (Å²) in [7, 11) is 2.15. The molecule has 0 amide bonds. The van der Waals surface area contributed by atoms with E-state index in [0.717, 1.165) is 18.8 Å². The molecule has 1 aromatic heterocycles. The summed E-state index contributed by atoms with van der Waals surface area (Å²) in [5, 5.41) is 1.19. The number of unbranched alkanes of at least 4 members (excludes halogenated alkanes) is 1. The molecule has 0 atom stereocenters. The summed E-state index contributed by atoms with van der Waals surface area (Å²) >= 11 is 12.4. The van der Waals surface area contributed by atoms with Crippen LogP contribution in [0.15, 0.2) is 36.5 Å². The molecular weight excluding hydrogens is 291 g/mol. The molecule has 1 aromatic carbocycles. The highest BCUT2D eigenvalue weighted by molar-refractivity contribution is 6.43. The Hall–Kier alpha value is -0.960. The zero-order chi connectivity index (χ0) is 14.5. The summed E-state index contributed by atoms with van der Waals surface area (Å²) in [4.78, 5) is 2.33. The van der Waals surface area contributed by atoms with Crippen LogP contribution in [0.1, 0.15) is 25.5 Å². The number of halogens is 2. The second kappa shape index (κ2) is 7.16. The Kier molecular flexibility index (Phi) is 5.53. The largest absolute Gasteiger partial charge is 0.318 e. The van der Waals surface area contributed by atoms with Crippen LogP contribution < -0.4 is 0 Å². The van der Waals surface area contributed by atoms with Crippen LogP contribution >= 0.6 is 23.2 Å². The van der Waals surface area contributed by atoms with E-state index in [1.807, 2.05) is 30.5 Å². The van der Waals surface area contributed by atoms with Crippen molar-refractivity contribution >= 4 is 23.2 Å². The van der Waals surface area contributed by atoms with Gasteiger partial charge in [-0.2, -0.15) is 0 Å². The van der Waals surface area contributed by atoms with Crippen LogP contribution in [-0.4, -0.2) is 23.1 Å². The van der Waals surface area contributed by atoms with Crippen LogP contribution in [0, 0.1) is 0 Å². The third kappa shape index (κ3) is 3.57. The standard InChI is InChI=1S/C16H20Cl2N2/c1-3-4-10-19(2)12-13-7-6-11-20(13)15-9-5-8-14(17)16(15)18/h5-9,11H,3-4,10,12H2,1-2H3. The number of rotatable bonds is 6. The van der Waals surface area contributed by atoms with Gasteiger partial charge in [0.1, 0.15) is 0 Å². The lowest BCUT2D eigenvalue weighted by molar-refractivity contribution is 0.315. The van der Waals surface area contributed by atoms with Crippen LogP contribution in [0.4, 0.5) is 0 Å². The molecule has 4 heteroatoms. The van der Waals surface area contributed by atoms with Gasteiger partial charge in [-0.15, -0.1) is 0 Å². The van der Waals surface area contributed by atoms with Crippen molar-refractivity contribution in [2.45, 2.75) is 26.3 Å². The number of nitrogens with zero attached hydrogens (tertiary/aromatic N) is 2. The van der Waals surface area contributed by atoms with Crippen molar-refractivity contribution < 1.29 is 0 Å². The van der Waals surface area contributed by atoms with Gasteiger partial charge in [0.2, 0.25) is 0 Å². The van der Waals surface area contributed by atoms with Crippen LogP contribution in [0.3, 0.4) is 0 Å². The number of aromatic nitrogens is 1. The van der Waals surface area contributed by atoms with Gasteiger partial charge in [0.05, 0.1) is 15.7 Å². The molecule has 0 saturated heterocycles. The number of benzene rings is 1. The topological polar surface area (TPSA) is 8.17 Å². The summed E-state index contributed by atoms with van der Waals surface area (Å²) < 4.78 is 2.11. The molecule has 2 aromatic rings. The van der Waals surface area contributed by atoms with E-state index in [4.69, 9.17) is 23.2 Å². The van der Waals surface area contributed by atoms with Crippen LogP contribution in [0.25, 0.3) is 5.69 Å². The molecule has 20 heavy (non-hydrogen) atoms. The molecule has 0 spiro atoms. The fourth-order valence-corrected chi connectivity index (χ4v) is 2.63. The fourth-order valence-electron chi connectivity index (χ4n) is 2.24. The SMILES string of the molecule is CCCCN(C)Cc1cccn1-c1cccc(Cl)c1Cl. The zero-order valence-corrected chi connectivity index (χ0v) is 13.5. The first kappa shape index (κ1) is 15.4. The maximum atomic E-state index is 6.31. The highest BCUT2D eigenvalue weighted by atomic mass is 35.5. The van der Waals surface area contributed by atoms with Gasteiger partial charge in [0, 0.05) is 18.4 Å². The van der Waals surface area contributed by atoms with Gasteiger partial charge in [0.25, 0.3) is 0 Å². The van der Waals surface area contributed by atoms with E-state index in [2.05, 4.69) is 29.5 Å². The van der Waals surface area contributed by atoms with Gasteiger partial charge in [-0.25, -0.2) is 0 Å². The average Bonchev–Trinajstić information content (AvgIpc) is 2.87.